The Labute approximate surface area is 173 Å². The molecule has 0 unspecified atom stereocenters. The highest BCUT2D eigenvalue weighted by atomic mass is 16.5. The summed E-state index contributed by atoms with van der Waals surface area (Å²) in [6, 6.07) is 0. The van der Waals surface area contributed by atoms with Crippen LogP contribution in [-0.4, -0.2) is 51.5 Å². The highest BCUT2D eigenvalue weighted by Gasteiger charge is 2.42. The molecule has 164 valence electrons. The second-order valence-electron chi connectivity index (χ2n) is 8.76. The minimum atomic E-state index is -1.14. The van der Waals surface area contributed by atoms with Crippen molar-refractivity contribution in [1.82, 2.24) is 0 Å². The van der Waals surface area contributed by atoms with E-state index in [-0.39, 0.29) is 41.8 Å². The molecule has 6 heteroatoms. The Morgan fingerprint density at radius 1 is 1.31 bits per heavy atom. The van der Waals surface area contributed by atoms with Crippen LogP contribution in [-0.2, 0) is 14.3 Å². The SMILES string of the molecule is CC[C@H](C)C(=O)O[C@H]1C[C@H](O)C=C2C=C[C@H](C)[C@H](CC[C@@H](O)C[C@@H](O)C(C)=O)[C@H]21. The largest absolute Gasteiger partial charge is 0.461 e. The molecule has 8 atom stereocenters. The molecule has 0 heterocycles. The molecule has 2 aliphatic carbocycles. The van der Waals surface area contributed by atoms with Gasteiger partial charge < -0.3 is 20.1 Å². The Hall–Kier alpha value is -1.50. The van der Waals surface area contributed by atoms with Gasteiger partial charge in [-0.15, -0.1) is 0 Å². The maximum atomic E-state index is 12.4. The molecule has 6 nitrogen and oxygen atoms in total. The van der Waals surface area contributed by atoms with E-state index >= 15 is 0 Å². The molecule has 0 radical (unpaired) electrons. The average Bonchev–Trinajstić information content (AvgIpc) is 2.66. The van der Waals surface area contributed by atoms with E-state index in [1.54, 1.807) is 0 Å². The summed E-state index contributed by atoms with van der Waals surface area (Å²) in [4.78, 5) is 23.7. The highest BCUT2D eigenvalue weighted by Crippen LogP contribution is 2.44. The van der Waals surface area contributed by atoms with E-state index in [2.05, 4.69) is 13.0 Å². The molecule has 2 rings (SSSR count). The lowest BCUT2D eigenvalue weighted by molar-refractivity contribution is -0.159. The number of esters is 1. The first-order valence-corrected chi connectivity index (χ1v) is 10.8. The second kappa shape index (κ2) is 10.5. The van der Waals surface area contributed by atoms with Crippen molar-refractivity contribution in [3.63, 3.8) is 0 Å². The van der Waals surface area contributed by atoms with Crippen molar-refractivity contribution in [2.45, 2.75) is 84.2 Å². The summed E-state index contributed by atoms with van der Waals surface area (Å²) in [6.45, 7) is 7.20. The van der Waals surface area contributed by atoms with E-state index in [9.17, 15) is 24.9 Å². The highest BCUT2D eigenvalue weighted by molar-refractivity contribution is 5.80. The Kier molecular flexibility index (Phi) is 8.61. The molecule has 0 saturated carbocycles. The predicted octanol–water partition coefficient (Wildman–Crippen LogP) is 2.55. The molecule has 0 fully saturated rings. The molecule has 3 N–H and O–H groups in total. The average molecular weight is 409 g/mol. The van der Waals surface area contributed by atoms with E-state index in [1.165, 1.54) is 6.92 Å². The third-order valence-corrected chi connectivity index (χ3v) is 6.45. The van der Waals surface area contributed by atoms with Gasteiger partial charge in [0.25, 0.3) is 0 Å². The third kappa shape index (κ3) is 6.24. The molecule has 0 aromatic heterocycles. The van der Waals surface area contributed by atoms with Gasteiger partial charge in [-0.1, -0.05) is 39.0 Å². The Morgan fingerprint density at radius 2 is 2.00 bits per heavy atom. The van der Waals surface area contributed by atoms with Crippen molar-refractivity contribution in [3.05, 3.63) is 23.8 Å². The third-order valence-electron chi connectivity index (χ3n) is 6.45. The zero-order valence-corrected chi connectivity index (χ0v) is 18.0. The number of Topliss-reactive ketones (excluding diaryl/α,β-unsaturated/α-hetero) is 1. The van der Waals surface area contributed by atoms with Gasteiger partial charge in [0.1, 0.15) is 12.2 Å². The molecule has 0 aromatic carbocycles. The number of carbonyl (C=O) groups is 2. The van der Waals surface area contributed by atoms with Crippen LogP contribution in [0.15, 0.2) is 23.8 Å². The summed E-state index contributed by atoms with van der Waals surface area (Å²) >= 11 is 0. The van der Waals surface area contributed by atoms with Crippen molar-refractivity contribution in [2.75, 3.05) is 0 Å². The maximum absolute atomic E-state index is 12.4. The molecule has 0 aliphatic heterocycles. The van der Waals surface area contributed by atoms with Crippen LogP contribution < -0.4 is 0 Å². The van der Waals surface area contributed by atoms with E-state index in [4.69, 9.17) is 4.74 Å². The maximum Gasteiger partial charge on any atom is 0.308 e. The van der Waals surface area contributed by atoms with Crippen LogP contribution >= 0.6 is 0 Å². The Balaban J connectivity index is 2.13. The first-order valence-electron chi connectivity index (χ1n) is 10.8. The Morgan fingerprint density at radius 3 is 2.62 bits per heavy atom. The first-order chi connectivity index (χ1) is 13.6. The number of ether oxygens (including phenoxy) is 1. The zero-order chi connectivity index (χ0) is 21.7. The van der Waals surface area contributed by atoms with Crippen molar-refractivity contribution in [1.29, 1.82) is 0 Å². The fourth-order valence-electron chi connectivity index (χ4n) is 4.35. The van der Waals surface area contributed by atoms with Gasteiger partial charge in [0, 0.05) is 18.8 Å². The summed E-state index contributed by atoms with van der Waals surface area (Å²) in [6.07, 6.45) is 5.21. The van der Waals surface area contributed by atoms with Crippen molar-refractivity contribution >= 4 is 11.8 Å². The van der Waals surface area contributed by atoms with E-state index in [0.717, 1.165) is 5.57 Å². The van der Waals surface area contributed by atoms with Crippen LogP contribution in [0.25, 0.3) is 0 Å². The lowest BCUT2D eigenvalue weighted by Gasteiger charge is -2.43. The standard InChI is InChI=1S/C23H36O6/c1-5-13(2)23(28)29-21-12-18(26)10-16-7-6-14(3)19(22(16)21)9-8-17(25)11-20(27)15(4)24/h6-7,10,13-14,17-22,25-27H,5,8-9,11-12H2,1-4H3/t13-,14-,17+,18+,19-,20+,21-,22-/m0/s1. The van der Waals surface area contributed by atoms with Crippen LogP contribution in [0.3, 0.4) is 0 Å². The number of fused-ring (bicyclic) bond motifs is 1. The van der Waals surface area contributed by atoms with Crippen molar-refractivity contribution in [2.24, 2.45) is 23.7 Å². The molecular formula is C23H36O6. The van der Waals surface area contributed by atoms with Crippen molar-refractivity contribution < 1.29 is 29.6 Å². The summed E-state index contributed by atoms with van der Waals surface area (Å²) in [5.74, 6) is -0.444. The first kappa shape index (κ1) is 23.8. The fourth-order valence-corrected chi connectivity index (χ4v) is 4.35. The quantitative estimate of drug-likeness (QED) is 0.507. The number of rotatable bonds is 9. The van der Waals surface area contributed by atoms with E-state index in [0.29, 0.717) is 25.7 Å². The summed E-state index contributed by atoms with van der Waals surface area (Å²) < 4.78 is 5.84. The molecule has 2 aliphatic rings. The van der Waals surface area contributed by atoms with Crippen LogP contribution in [0.2, 0.25) is 0 Å². The molecule has 0 saturated heterocycles. The van der Waals surface area contributed by atoms with Gasteiger partial charge in [0.15, 0.2) is 5.78 Å². The smallest absolute Gasteiger partial charge is 0.308 e. The number of hydrogen-bond acceptors (Lipinski definition) is 6. The second-order valence-corrected chi connectivity index (χ2v) is 8.76. The number of ketones is 1. The monoisotopic (exact) mass is 408 g/mol. The van der Waals surface area contributed by atoms with Gasteiger partial charge >= 0.3 is 5.97 Å². The zero-order valence-electron chi connectivity index (χ0n) is 18.0. The van der Waals surface area contributed by atoms with Crippen molar-refractivity contribution in [3.8, 4) is 0 Å². The normalized spacial score (nSPS) is 32.0. The number of aliphatic hydroxyl groups is 3. The molecule has 29 heavy (non-hydrogen) atoms. The topological polar surface area (TPSA) is 104 Å². The molecule has 0 bridgehead atoms. The van der Waals surface area contributed by atoms with Gasteiger partial charge in [-0.05, 0) is 43.6 Å². The molecule has 0 amide bonds. The number of allylic oxidation sites excluding steroid dienone is 2. The van der Waals surface area contributed by atoms with Crippen LogP contribution in [0.5, 0.6) is 0 Å². The number of carbonyl (C=O) groups excluding carboxylic acids is 2. The Bertz CT molecular complexity index is 639. The van der Waals surface area contributed by atoms with Gasteiger partial charge in [-0.3, -0.25) is 9.59 Å². The van der Waals surface area contributed by atoms with Gasteiger partial charge in [0.05, 0.1) is 18.1 Å². The summed E-state index contributed by atoms with van der Waals surface area (Å²) in [5.41, 5.74) is 0.979. The van der Waals surface area contributed by atoms with Gasteiger partial charge in [-0.25, -0.2) is 0 Å². The predicted molar refractivity (Wildman–Crippen MR) is 110 cm³/mol. The summed E-state index contributed by atoms with van der Waals surface area (Å²) in [7, 11) is 0. The molecule has 0 spiro atoms. The van der Waals surface area contributed by atoms with Crippen LogP contribution in [0, 0.1) is 23.7 Å². The molecule has 0 aromatic rings. The number of hydrogen-bond donors (Lipinski definition) is 3. The lowest BCUT2D eigenvalue weighted by Crippen LogP contribution is -2.43. The van der Waals surface area contributed by atoms with E-state index < -0.39 is 24.4 Å². The minimum Gasteiger partial charge on any atom is -0.461 e. The number of aliphatic hydroxyl groups excluding tert-OH is 3. The minimum absolute atomic E-state index is 0.0312. The van der Waals surface area contributed by atoms with Gasteiger partial charge in [0.2, 0.25) is 0 Å². The molecular weight excluding hydrogens is 372 g/mol. The lowest BCUT2D eigenvalue weighted by atomic mass is 9.66. The van der Waals surface area contributed by atoms with E-state index in [1.807, 2.05) is 26.0 Å². The fraction of sp³-hybridized carbons (Fsp3) is 0.739. The summed E-state index contributed by atoms with van der Waals surface area (Å²) in [5, 5.41) is 30.2. The van der Waals surface area contributed by atoms with Crippen LogP contribution in [0.4, 0.5) is 0 Å². The van der Waals surface area contributed by atoms with Crippen LogP contribution in [0.1, 0.15) is 59.8 Å². The van der Waals surface area contributed by atoms with Gasteiger partial charge in [-0.2, -0.15) is 0 Å².